The molecule has 1 aliphatic heterocycles. The SMILES string of the molecule is Cc1cn(-c2ccc3n(c2=O)CCN(Cc2cccc(-c4cccc(OC(C)C)c4)c2)C3=O)cn1. The van der Waals surface area contributed by atoms with Crippen molar-refractivity contribution in [3.63, 3.8) is 0 Å². The first kappa shape index (κ1) is 22.7. The molecule has 7 nitrogen and oxygen atoms in total. The quantitative estimate of drug-likeness (QED) is 0.419. The van der Waals surface area contributed by atoms with Crippen molar-refractivity contribution in [1.82, 2.24) is 19.0 Å². The summed E-state index contributed by atoms with van der Waals surface area (Å²) in [5, 5.41) is 0. The third-order valence-electron chi connectivity index (χ3n) is 6.08. The lowest BCUT2D eigenvalue weighted by atomic mass is 10.0. The minimum Gasteiger partial charge on any atom is -0.491 e. The van der Waals surface area contributed by atoms with E-state index in [1.165, 1.54) is 0 Å². The third-order valence-corrected chi connectivity index (χ3v) is 6.08. The van der Waals surface area contributed by atoms with Crippen molar-refractivity contribution in [3.05, 3.63) is 100 Å². The van der Waals surface area contributed by atoms with Crippen LogP contribution >= 0.6 is 0 Å². The molecule has 0 bridgehead atoms. The predicted octanol–water partition coefficient (Wildman–Crippen LogP) is 4.45. The van der Waals surface area contributed by atoms with E-state index in [-0.39, 0.29) is 17.6 Å². The van der Waals surface area contributed by atoms with Crippen molar-refractivity contribution >= 4 is 5.91 Å². The lowest BCUT2D eigenvalue weighted by Crippen LogP contribution is -2.44. The second kappa shape index (κ2) is 9.25. The summed E-state index contributed by atoms with van der Waals surface area (Å²) in [5.74, 6) is 0.695. The molecule has 0 N–H and O–H groups in total. The number of pyridine rings is 1. The van der Waals surface area contributed by atoms with Gasteiger partial charge in [-0.2, -0.15) is 0 Å². The van der Waals surface area contributed by atoms with Crippen molar-refractivity contribution in [1.29, 1.82) is 0 Å². The van der Waals surface area contributed by atoms with Gasteiger partial charge < -0.3 is 18.8 Å². The number of fused-ring (bicyclic) bond motifs is 1. The molecule has 0 radical (unpaired) electrons. The summed E-state index contributed by atoms with van der Waals surface area (Å²) in [6.07, 6.45) is 3.53. The number of ether oxygens (including phenoxy) is 1. The van der Waals surface area contributed by atoms with Gasteiger partial charge in [-0.15, -0.1) is 0 Å². The smallest absolute Gasteiger partial charge is 0.275 e. The van der Waals surface area contributed by atoms with Crippen LogP contribution < -0.4 is 10.3 Å². The van der Waals surface area contributed by atoms with E-state index in [1.54, 1.807) is 38.7 Å². The van der Waals surface area contributed by atoms with Crippen LogP contribution in [0, 0.1) is 6.92 Å². The van der Waals surface area contributed by atoms with Crippen LogP contribution in [0.2, 0.25) is 0 Å². The average molecular weight is 469 g/mol. The van der Waals surface area contributed by atoms with E-state index in [0.717, 1.165) is 28.1 Å². The Morgan fingerprint density at radius 1 is 0.971 bits per heavy atom. The fraction of sp³-hybridized carbons (Fsp3) is 0.250. The number of amides is 1. The normalized spacial score (nSPS) is 13.3. The van der Waals surface area contributed by atoms with Gasteiger partial charge in [0.1, 0.15) is 17.1 Å². The zero-order valence-electron chi connectivity index (χ0n) is 20.1. The number of rotatable bonds is 6. The monoisotopic (exact) mass is 468 g/mol. The van der Waals surface area contributed by atoms with Crippen molar-refractivity contribution < 1.29 is 9.53 Å². The van der Waals surface area contributed by atoms with Gasteiger partial charge in [-0.25, -0.2) is 4.98 Å². The summed E-state index contributed by atoms with van der Waals surface area (Å²) in [5.41, 5.74) is 4.72. The second-order valence-corrected chi connectivity index (χ2v) is 9.10. The Kier molecular flexibility index (Phi) is 5.99. The Balaban J connectivity index is 1.37. The minimum atomic E-state index is -0.182. The second-order valence-electron chi connectivity index (χ2n) is 9.10. The van der Waals surface area contributed by atoms with E-state index in [2.05, 4.69) is 23.2 Å². The van der Waals surface area contributed by atoms with Crippen LogP contribution in [0.3, 0.4) is 0 Å². The molecule has 2 aromatic heterocycles. The molecule has 0 atom stereocenters. The first-order valence-corrected chi connectivity index (χ1v) is 11.8. The molecule has 0 fully saturated rings. The Hall–Kier alpha value is -4.13. The summed E-state index contributed by atoms with van der Waals surface area (Å²) in [6.45, 7) is 7.30. The molecule has 1 aliphatic rings. The van der Waals surface area contributed by atoms with E-state index in [0.29, 0.717) is 31.0 Å². The van der Waals surface area contributed by atoms with Gasteiger partial charge >= 0.3 is 0 Å². The lowest BCUT2D eigenvalue weighted by Gasteiger charge is -2.30. The summed E-state index contributed by atoms with van der Waals surface area (Å²) in [4.78, 5) is 32.3. The number of nitrogens with zero attached hydrogens (tertiary/aromatic N) is 4. The van der Waals surface area contributed by atoms with Crippen molar-refractivity contribution in [3.8, 4) is 22.6 Å². The molecule has 0 unspecified atom stereocenters. The zero-order valence-corrected chi connectivity index (χ0v) is 20.1. The van der Waals surface area contributed by atoms with Crippen LogP contribution in [0.4, 0.5) is 0 Å². The molecule has 0 saturated heterocycles. The highest BCUT2D eigenvalue weighted by Gasteiger charge is 2.26. The van der Waals surface area contributed by atoms with Crippen LogP contribution in [0.1, 0.15) is 35.6 Å². The van der Waals surface area contributed by atoms with Crippen LogP contribution in [0.15, 0.2) is 78.0 Å². The fourth-order valence-electron chi connectivity index (χ4n) is 4.45. The van der Waals surface area contributed by atoms with Crippen LogP contribution in [0.25, 0.3) is 16.8 Å². The van der Waals surface area contributed by atoms with Gasteiger partial charge in [-0.1, -0.05) is 30.3 Å². The molecular weight excluding hydrogens is 440 g/mol. The van der Waals surface area contributed by atoms with E-state index in [1.807, 2.05) is 51.1 Å². The predicted molar refractivity (Wildman–Crippen MR) is 135 cm³/mol. The summed E-state index contributed by atoms with van der Waals surface area (Å²) < 4.78 is 9.11. The molecule has 4 aromatic rings. The molecule has 0 saturated carbocycles. The van der Waals surface area contributed by atoms with Crippen molar-refractivity contribution in [2.45, 2.75) is 40.0 Å². The average Bonchev–Trinajstić information content (AvgIpc) is 3.27. The third kappa shape index (κ3) is 4.62. The molecule has 3 heterocycles. The van der Waals surface area contributed by atoms with Gasteiger partial charge in [0.25, 0.3) is 11.5 Å². The molecule has 0 spiro atoms. The minimum absolute atomic E-state index is 0.109. The molecule has 7 heteroatoms. The summed E-state index contributed by atoms with van der Waals surface area (Å²) in [6, 6.07) is 19.7. The number of aryl methyl sites for hydroxylation is 1. The van der Waals surface area contributed by atoms with Gasteiger partial charge in [-0.05, 0) is 67.8 Å². The molecule has 35 heavy (non-hydrogen) atoms. The maximum Gasteiger partial charge on any atom is 0.275 e. The van der Waals surface area contributed by atoms with Gasteiger partial charge in [0.2, 0.25) is 0 Å². The maximum absolute atomic E-state index is 13.3. The number of carbonyl (C=O) groups excluding carboxylic acids is 1. The van der Waals surface area contributed by atoms with Gasteiger partial charge in [0.15, 0.2) is 0 Å². The topological polar surface area (TPSA) is 69.4 Å². The van der Waals surface area contributed by atoms with Crippen LogP contribution in [-0.2, 0) is 13.1 Å². The van der Waals surface area contributed by atoms with Gasteiger partial charge in [-0.3, -0.25) is 9.59 Å². The highest BCUT2D eigenvalue weighted by molar-refractivity contribution is 5.93. The number of imidazole rings is 1. The first-order chi connectivity index (χ1) is 16.9. The number of hydrogen-bond donors (Lipinski definition) is 0. The Labute approximate surface area is 204 Å². The Bertz CT molecular complexity index is 1450. The van der Waals surface area contributed by atoms with E-state index >= 15 is 0 Å². The highest BCUT2D eigenvalue weighted by atomic mass is 16.5. The van der Waals surface area contributed by atoms with E-state index < -0.39 is 0 Å². The molecular formula is C28H28N4O3. The summed E-state index contributed by atoms with van der Waals surface area (Å²) >= 11 is 0. The zero-order chi connectivity index (χ0) is 24.5. The van der Waals surface area contributed by atoms with E-state index in [4.69, 9.17) is 4.74 Å². The Morgan fingerprint density at radius 3 is 2.49 bits per heavy atom. The van der Waals surface area contributed by atoms with Gasteiger partial charge in [0, 0.05) is 25.8 Å². The number of hydrogen-bond acceptors (Lipinski definition) is 4. The maximum atomic E-state index is 13.3. The lowest BCUT2D eigenvalue weighted by molar-refractivity contribution is 0.0686. The number of benzene rings is 2. The number of carbonyl (C=O) groups is 1. The highest BCUT2D eigenvalue weighted by Crippen LogP contribution is 2.26. The molecule has 2 aromatic carbocycles. The Morgan fingerprint density at radius 2 is 1.74 bits per heavy atom. The molecule has 1 amide bonds. The van der Waals surface area contributed by atoms with Crippen molar-refractivity contribution in [2.24, 2.45) is 0 Å². The van der Waals surface area contributed by atoms with E-state index in [9.17, 15) is 9.59 Å². The van der Waals surface area contributed by atoms with Crippen LogP contribution in [0.5, 0.6) is 5.75 Å². The van der Waals surface area contributed by atoms with Crippen molar-refractivity contribution in [2.75, 3.05) is 6.54 Å². The van der Waals surface area contributed by atoms with Crippen LogP contribution in [-0.4, -0.2) is 37.6 Å². The van der Waals surface area contributed by atoms with Gasteiger partial charge in [0.05, 0.1) is 18.1 Å². The largest absolute Gasteiger partial charge is 0.491 e. The molecule has 178 valence electrons. The number of aromatic nitrogens is 3. The standard InChI is InChI=1S/C28H28N4O3/c1-19(2)35-24-9-5-8-23(15-24)22-7-4-6-21(14-22)17-30-12-13-32-26(27(30)33)11-10-25(28(32)34)31-16-20(3)29-18-31/h4-11,14-16,18-19H,12-13,17H2,1-3H3. The first-order valence-electron chi connectivity index (χ1n) is 11.8. The fourth-order valence-corrected chi connectivity index (χ4v) is 4.45. The molecule has 5 rings (SSSR count). The summed E-state index contributed by atoms with van der Waals surface area (Å²) in [7, 11) is 0. The molecule has 0 aliphatic carbocycles.